The summed E-state index contributed by atoms with van der Waals surface area (Å²) in [5.74, 6) is -0.237. The molecule has 0 amide bonds. The number of carbonyl (C=O) groups is 1. The van der Waals surface area contributed by atoms with Crippen LogP contribution >= 0.6 is 0 Å². The van der Waals surface area contributed by atoms with Crippen molar-refractivity contribution in [2.24, 2.45) is 0 Å². The highest BCUT2D eigenvalue weighted by molar-refractivity contribution is 5.66. The summed E-state index contributed by atoms with van der Waals surface area (Å²) in [5, 5.41) is 0. The lowest BCUT2D eigenvalue weighted by Gasteiger charge is -2.26. The Kier molecular flexibility index (Phi) is 2.41. The highest BCUT2D eigenvalue weighted by atomic mass is 16.6. The molecule has 1 saturated heterocycles. The Balaban J connectivity index is 2.70. The molecule has 1 unspecified atom stereocenters. The van der Waals surface area contributed by atoms with Gasteiger partial charge in [-0.25, -0.2) is 0 Å². The van der Waals surface area contributed by atoms with E-state index in [1.165, 1.54) is 6.92 Å². The van der Waals surface area contributed by atoms with Crippen LogP contribution in [0.3, 0.4) is 0 Å². The van der Waals surface area contributed by atoms with Crippen LogP contribution < -0.4 is 0 Å². The van der Waals surface area contributed by atoms with Crippen molar-refractivity contribution in [2.45, 2.75) is 58.3 Å². The van der Waals surface area contributed by atoms with Crippen LogP contribution in [0.5, 0.6) is 0 Å². The number of hydrogen-bond donors (Lipinski definition) is 0. The molecule has 1 aliphatic rings. The summed E-state index contributed by atoms with van der Waals surface area (Å²) in [7, 11) is 0. The van der Waals surface area contributed by atoms with E-state index in [1.807, 2.05) is 27.7 Å². The molecule has 0 bridgehead atoms. The molecule has 3 heteroatoms. The zero-order valence-corrected chi connectivity index (χ0v) is 9.01. The van der Waals surface area contributed by atoms with Crippen LogP contribution in [-0.4, -0.2) is 23.3 Å². The summed E-state index contributed by atoms with van der Waals surface area (Å²) >= 11 is 0. The van der Waals surface area contributed by atoms with Crippen molar-refractivity contribution in [2.75, 3.05) is 0 Å². The van der Waals surface area contributed by atoms with Gasteiger partial charge >= 0.3 is 5.97 Å². The first-order chi connectivity index (χ1) is 5.73. The Labute approximate surface area is 79.4 Å². The third-order valence-electron chi connectivity index (χ3n) is 2.30. The van der Waals surface area contributed by atoms with Gasteiger partial charge in [-0.1, -0.05) is 0 Å². The van der Waals surface area contributed by atoms with Gasteiger partial charge in [0.1, 0.15) is 11.7 Å². The fourth-order valence-corrected chi connectivity index (χ4v) is 1.90. The molecule has 1 atom stereocenters. The molecular formula is C10H18O3. The van der Waals surface area contributed by atoms with Crippen molar-refractivity contribution in [1.82, 2.24) is 0 Å². The summed E-state index contributed by atoms with van der Waals surface area (Å²) < 4.78 is 11.0. The minimum atomic E-state index is -0.366. The fourth-order valence-electron chi connectivity index (χ4n) is 1.90. The van der Waals surface area contributed by atoms with Crippen molar-refractivity contribution in [3.63, 3.8) is 0 Å². The normalized spacial score (nSPS) is 30.1. The molecule has 0 radical (unpaired) electrons. The van der Waals surface area contributed by atoms with Gasteiger partial charge in [0.15, 0.2) is 0 Å². The Morgan fingerprint density at radius 3 is 2.23 bits per heavy atom. The Hall–Kier alpha value is -0.570. The van der Waals surface area contributed by atoms with Crippen LogP contribution in [-0.2, 0) is 14.3 Å². The second-order valence-corrected chi connectivity index (χ2v) is 4.77. The van der Waals surface area contributed by atoms with Crippen LogP contribution in [0.15, 0.2) is 0 Å². The predicted octanol–water partition coefficient (Wildman–Crippen LogP) is 1.90. The highest BCUT2D eigenvalue weighted by Gasteiger charge is 2.47. The molecular weight excluding hydrogens is 168 g/mol. The third-order valence-corrected chi connectivity index (χ3v) is 2.30. The van der Waals surface area contributed by atoms with E-state index in [0.29, 0.717) is 0 Å². The third kappa shape index (κ3) is 2.44. The lowest BCUT2D eigenvalue weighted by Crippen LogP contribution is -2.35. The number of esters is 1. The minimum Gasteiger partial charge on any atom is -0.459 e. The van der Waals surface area contributed by atoms with E-state index in [1.54, 1.807) is 0 Å². The zero-order valence-electron chi connectivity index (χ0n) is 9.01. The van der Waals surface area contributed by atoms with E-state index < -0.39 is 0 Å². The van der Waals surface area contributed by atoms with E-state index in [9.17, 15) is 4.79 Å². The van der Waals surface area contributed by atoms with Crippen molar-refractivity contribution in [3.8, 4) is 0 Å². The standard InChI is InChI=1S/C10H18O3/c1-7(11)12-8-6-9(2,3)13-10(8,4)5/h8H,6H2,1-5H3. The molecule has 0 aliphatic carbocycles. The first-order valence-electron chi connectivity index (χ1n) is 4.60. The lowest BCUT2D eigenvalue weighted by atomic mass is 9.97. The topological polar surface area (TPSA) is 35.5 Å². The average Bonchev–Trinajstić information content (AvgIpc) is 1.98. The second kappa shape index (κ2) is 2.98. The van der Waals surface area contributed by atoms with Gasteiger partial charge in [-0.05, 0) is 27.7 Å². The molecule has 13 heavy (non-hydrogen) atoms. The van der Waals surface area contributed by atoms with Crippen LogP contribution in [0.2, 0.25) is 0 Å². The molecule has 0 aromatic rings. The molecule has 1 aliphatic heterocycles. The molecule has 1 fully saturated rings. The van der Waals surface area contributed by atoms with Crippen LogP contribution in [0.4, 0.5) is 0 Å². The van der Waals surface area contributed by atoms with Gasteiger partial charge in [-0.2, -0.15) is 0 Å². The summed E-state index contributed by atoms with van der Waals surface area (Å²) in [4.78, 5) is 10.8. The van der Waals surface area contributed by atoms with Gasteiger partial charge in [-0.3, -0.25) is 4.79 Å². The maximum Gasteiger partial charge on any atom is 0.303 e. The molecule has 1 heterocycles. The van der Waals surface area contributed by atoms with E-state index in [4.69, 9.17) is 9.47 Å². The smallest absolute Gasteiger partial charge is 0.303 e. The molecule has 0 spiro atoms. The predicted molar refractivity (Wildman–Crippen MR) is 49.4 cm³/mol. The number of carbonyl (C=O) groups excluding carboxylic acids is 1. The fraction of sp³-hybridized carbons (Fsp3) is 0.900. The number of ether oxygens (including phenoxy) is 2. The summed E-state index contributed by atoms with van der Waals surface area (Å²) in [6, 6.07) is 0. The summed E-state index contributed by atoms with van der Waals surface area (Å²) in [6.45, 7) is 9.36. The van der Waals surface area contributed by atoms with Gasteiger partial charge < -0.3 is 9.47 Å². The zero-order chi connectivity index (χ0) is 10.3. The lowest BCUT2D eigenvalue weighted by molar-refractivity contribution is -0.156. The van der Waals surface area contributed by atoms with Gasteiger partial charge in [0.2, 0.25) is 0 Å². The highest BCUT2D eigenvalue weighted by Crippen LogP contribution is 2.38. The molecule has 0 aromatic carbocycles. The number of hydrogen-bond acceptors (Lipinski definition) is 3. The largest absolute Gasteiger partial charge is 0.459 e. The first kappa shape index (κ1) is 10.5. The van der Waals surface area contributed by atoms with E-state index in [0.717, 1.165) is 6.42 Å². The van der Waals surface area contributed by atoms with Gasteiger partial charge in [0.25, 0.3) is 0 Å². The monoisotopic (exact) mass is 186 g/mol. The Morgan fingerprint density at radius 2 is 1.92 bits per heavy atom. The van der Waals surface area contributed by atoms with Crippen LogP contribution in [0.25, 0.3) is 0 Å². The van der Waals surface area contributed by atoms with Crippen molar-refractivity contribution in [1.29, 1.82) is 0 Å². The SMILES string of the molecule is CC(=O)OC1CC(C)(C)OC1(C)C. The quantitative estimate of drug-likeness (QED) is 0.587. The molecule has 0 saturated carbocycles. The Morgan fingerprint density at radius 1 is 1.38 bits per heavy atom. The van der Waals surface area contributed by atoms with E-state index >= 15 is 0 Å². The molecule has 0 N–H and O–H groups in total. The van der Waals surface area contributed by atoms with Crippen LogP contribution in [0, 0.1) is 0 Å². The molecule has 0 aromatic heterocycles. The first-order valence-corrected chi connectivity index (χ1v) is 4.60. The van der Waals surface area contributed by atoms with Gasteiger partial charge in [0.05, 0.1) is 5.60 Å². The molecule has 76 valence electrons. The van der Waals surface area contributed by atoms with Crippen molar-refractivity contribution < 1.29 is 14.3 Å². The van der Waals surface area contributed by atoms with E-state index in [-0.39, 0.29) is 23.3 Å². The van der Waals surface area contributed by atoms with E-state index in [2.05, 4.69) is 0 Å². The second-order valence-electron chi connectivity index (χ2n) is 4.77. The van der Waals surface area contributed by atoms with Gasteiger partial charge in [0, 0.05) is 13.3 Å². The summed E-state index contributed by atoms with van der Waals surface area (Å²) in [6.07, 6.45) is 0.638. The maximum atomic E-state index is 10.8. The molecule has 1 rings (SSSR count). The summed E-state index contributed by atoms with van der Waals surface area (Å²) in [5.41, 5.74) is -0.557. The Bertz CT molecular complexity index is 218. The minimum absolute atomic E-state index is 0.125. The average molecular weight is 186 g/mol. The molecule has 3 nitrogen and oxygen atoms in total. The van der Waals surface area contributed by atoms with Crippen LogP contribution in [0.1, 0.15) is 41.0 Å². The maximum absolute atomic E-state index is 10.8. The number of rotatable bonds is 1. The van der Waals surface area contributed by atoms with Gasteiger partial charge in [-0.15, -0.1) is 0 Å². The van der Waals surface area contributed by atoms with Crippen molar-refractivity contribution in [3.05, 3.63) is 0 Å². The van der Waals surface area contributed by atoms with Crippen molar-refractivity contribution >= 4 is 5.97 Å².